The summed E-state index contributed by atoms with van der Waals surface area (Å²) in [5, 5.41) is 4.66. The first-order valence-electron chi connectivity index (χ1n) is 20.8. The van der Waals surface area contributed by atoms with E-state index in [0.29, 0.717) is 17.5 Å². The maximum absolute atomic E-state index is 6.46. The number of rotatable bonds is 7. The van der Waals surface area contributed by atoms with E-state index in [1.807, 2.05) is 72.0 Å². The van der Waals surface area contributed by atoms with Gasteiger partial charge < -0.3 is 4.42 Å². The van der Waals surface area contributed by atoms with Gasteiger partial charge in [0.2, 0.25) is 0 Å². The lowest BCUT2D eigenvalue weighted by Crippen LogP contribution is -2.00. The minimum Gasteiger partial charge on any atom is -0.455 e. The predicted octanol–water partition coefficient (Wildman–Crippen LogP) is 15.8. The standard InChI is InChI=1S/C57H35N3OS/c1-4-15-36(16-5-1)42-34-47(53(38-17-6-2-7-18-38)48(35-42)41-31-32-52-49(33-41)44-22-11-13-26-51(44)62-52)37-27-29-40(30-28-37)56-58-55(39-19-8-3-9-20-39)59-57(60-56)46-24-14-23-45-43-21-10-12-25-50(43)61-54(45)46/h1-35H. The lowest BCUT2D eigenvalue weighted by atomic mass is 9.84. The summed E-state index contributed by atoms with van der Waals surface area (Å²) in [6.45, 7) is 0. The molecule has 0 N–H and O–H groups in total. The molecule has 0 aliphatic rings. The van der Waals surface area contributed by atoms with Crippen LogP contribution in [0.2, 0.25) is 0 Å². The van der Waals surface area contributed by atoms with E-state index in [9.17, 15) is 0 Å². The fraction of sp³-hybridized carbons (Fsp3) is 0. The van der Waals surface area contributed by atoms with Gasteiger partial charge in [-0.25, -0.2) is 15.0 Å². The van der Waals surface area contributed by atoms with Crippen LogP contribution in [0, 0.1) is 0 Å². The molecule has 0 atom stereocenters. The number of hydrogen-bond acceptors (Lipinski definition) is 5. The zero-order valence-corrected chi connectivity index (χ0v) is 34.2. The minimum atomic E-state index is 0.560. The van der Waals surface area contributed by atoms with Crippen molar-refractivity contribution < 1.29 is 4.42 Å². The van der Waals surface area contributed by atoms with Crippen molar-refractivity contribution in [3.8, 4) is 78.7 Å². The summed E-state index contributed by atoms with van der Waals surface area (Å²) in [6, 6.07) is 74.9. The van der Waals surface area contributed by atoms with Crippen LogP contribution < -0.4 is 0 Å². The van der Waals surface area contributed by atoms with Gasteiger partial charge in [-0.3, -0.25) is 0 Å². The molecule has 12 aromatic rings. The highest BCUT2D eigenvalue weighted by molar-refractivity contribution is 7.25. The quantitative estimate of drug-likeness (QED) is 0.161. The lowest BCUT2D eigenvalue weighted by molar-refractivity contribution is 0.669. The Hall–Kier alpha value is -7.99. The zero-order valence-electron chi connectivity index (χ0n) is 33.4. The van der Waals surface area contributed by atoms with Gasteiger partial charge >= 0.3 is 0 Å². The summed E-state index contributed by atoms with van der Waals surface area (Å²) in [5.74, 6) is 1.75. The van der Waals surface area contributed by atoms with Crippen molar-refractivity contribution in [2.45, 2.75) is 0 Å². The summed E-state index contributed by atoms with van der Waals surface area (Å²) < 4.78 is 9.05. The van der Waals surface area contributed by atoms with Crippen molar-refractivity contribution in [1.82, 2.24) is 15.0 Å². The van der Waals surface area contributed by atoms with Crippen molar-refractivity contribution in [1.29, 1.82) is 0 Å². The Balaban J connectivity index is 1.04. The molecule has 3 aromatic heterocycles. The first-order valence-corrected chi connectivity index (χ1v) is 21.6. The van der Waals surface area contributed by atoms with Gasteiger partial charge in [-0.15, -0.1) is 11.3 Å². The number of benzene rings is 9. The van der Waals surface area contributed by atoms with Crippen LogP contribution in [0.15, 0.2) is 217 Å². The highest BCUT2D eigenvalue weighted by Gasteiger charge is 2.21. The van der Waals surface area contributed by atoms with E-state index in [0.717, 1.165) is 60.9 Å². The summed E-state index contributed by atoms with van der Waals surface area (Å²) in [4.78, 5) is 15.3. The molecule has 0 fully saturated rings. The fourth-order valence-corrected chi connectivity index (χ4v) is 9.85. The van der Waals surface area contributed by atoms with Crippen LogP contribution in [0.3, 0.4) is 0 Å². The van der Waals surface area contributed by atoms with E-state index >= 15 is 0 Å². The maximum atomic E-state index is 6.46. The third-order valence-corrected chi connectivity index (χ3v) is 12.9. The van der Waals surface area contributed by atoms with Gasteiger partial charge in [-0.05, 0) is 87.0 Å². The van der Waals surface area contributed by atoms with Gasteiger partial charge in [-0.2, -0.15) is 0 Å². The van der Waals surface area contributed by atoms with Crippen molar-refractivity contribution in [3.05, 3.63) is 212 Å². The summed E-state index contributed by atoms with van der Waals surface area (Å²) in [7, 11) is 0. The molecule has 0 aliphatic heterocycles. The van der Waals surface area contributed by atoms with Crippen LogP contribution in [-0.4, -0.2) is 15.0 Å². The summed E-state index contributed by atoms with van der Waals surface area (Å²) in [6.07, 6.45) is 0. The second kappa shape index (κ2) is 14.9. The van der Waals surface area contributed by atoms with E-state index in [4.69, 9.17) is 19.4 Å². The highest BCUT2D eigenvalue weighted by atomic mass is 32.1. The molecule has 0 saturated carbocycles. The number of thiophene rings is 1. The Morgan fingerprint density at radius 3 is 1.58 bits per heavy atom. The summed E-state index contributed by atoms with van der Waals surface area (Å²) >= 11 is 1.85. The maximum Gasteiger partial charge on any atom is 0.167 e. The Morgan fingerprint density at radius 2 is 0.839 bits per heavy atom. The normalized spacial score (nSPS) is 11.5. The van der Waals surface area contributed by atoms with E-state index in [-0.39, 0.29) is 0 Å². The van der Waals surface area contributed by atoms with Gasteiger partial charge in [0.25, 0.3) is 0 Å². The second-order valence-electron chi connectivity index (χ2n) is 15.5. The molecule has 0 aliphatic carbocycles. The predicted molar refractivity (Wildman–Crippen MR) is 258 cm³/mol. The van der Waals surface area contributed by atoms with E-state index in [1.165, 1.54) is 42.4 Å². The van der Waals surface area contributed by atoms with Crippen molar-refractivity contribution in [2.24, 2.45) is 0 Å². The SMILES string of the molecule is c1ccc(-c2cc(-c3ccc(-c4nc(-c5ccccc5)nc(-c5cccc6c5oc5ccccc56)n4)cc3)c(-c3ccccc3)c(-c3ccc4sc5ccccc5c4c3)c2)cc1. The van der Waals surface area contributed by atoms with Gasteiger partial charge in [-0.1, -0.05) is 170 Å². The monoisotopic (exact) mass is 809 g/mol. The molecule has 3 heterocycles. The van der Waals surface area contributed by atoms with Gasteiger partial charge in [0.1, 0.15) is 11.2 Å². The summed E-state index contributed by atoms with van der Waals surface area (Å²) in [5.41, 5.74) is 13.5. The molecule has 9 aromatic carbocycles. The number of furan rings is 1. The number of fused-ring (bicyclic) bond motifs is 6. The van der Waals surface area contributed by atoms with Crippen LogP contribution in [0.4, 0.5) is 0 Å². The van der Waals surface area contributed by atoms with Crippen LogP contribution in [0.1, 0.15) is 0 Å². The first-order chi connectivity index (χ1) is 30.7. The van der Waals surface area contributed by atoms with Gasteiger partial charge in [0.15, 0.2) is 17.5 Å². The van der Waals surface area contributed by atoms with Crippen molar-refractivity contribution >= 4 is 53.4 Å². The molecule has 12 rings (SSSR count). The lowest BCUT2D eigenvalue weighted by Gasteiger charge is -2.19. The molecule has 5 heteroatoms. The largest absolute Gasteiger partial charge is 0.455 e. The third kappa shape index (κ3) is 6.26. The Bertz CT molecular complexity index is 3610. The van der Waals surface area contributed by atoms with Crippen LogP contribution in [0.25, 0.3) is 121 Å². The molecule has 4 nitrogen and oxygen atoms in total. The average Bonchev–Trinajstić information content (AvgIpc) is 3.93. The van der Waals surface area contributed by atoms with Crippen LogP contribution >= 0.6 is 11.3 Å². The molecule has 0 bridgehead atoms. The third-order valence-electron chi connectivity index (χ3n) is 11.8. The molecular weight excluding hydrogens is 775 g/mol. The minimum absolute atomic E-state index is 0.560. The van der Waals surface area contributed by atoms with E-state index in [1.54, 1.807) is 0 Å². The van der Waals surface area contributed by atoms with Crippen LogP contribution in [0.5, 0.6) is 0 Å². The fourth-order valence-electron chi connectivity index (χ4n) is 8.77. The van der Waals surface area contributed by atoms with Crippen molar-refractivity contribution in [3.63, 3.8) is 0 Å². The number of aromatic nitrogens is 3. The molecule has 0 saturated heterocycles. The first kappa shape index (κ1) is 35.9. The Kier molecular flexibility index (Phi) is 8.65. The average molecular weight is 810 g/mol. The topological polar surface area (TPSA) is 51.8 Å². The smallest absolute Gasteiger partial charge is 0.167 e. The highest BCUT2D eigenvalue weighted by Crippen LogP contribution is 2.46. The molecular formula is C57H35N3OS. The van der Waals surface area contributed by atoms with Crippen molar-refractivity contribution in [2.75, 3.05) is 0 Å². The van der Waals surface area contributed by atoms with E-state index < -0.39 is 0 Å². The van der Waals surface area contributed by atoms with Crippen LogP contribution in [-0.2, 0) is 0 Å². The molecule has 62 heavy (non-hydrogen) atoms. The molecule has 290 valence electrons. The van der Waals surface area contributed by atoms with E-state index in [2.05, 4.69) is 152 Å². The second-order valence-corrected chi connectivity index (χ2v) is 16.6. The Morgan fingerprint density at radius 1 is 0.306 bits per heavy atom. The molecule has 0 spiro atoms. The number of hydrogen-bond donors (Lipinski definition) is 0. The molecule has 0 amide bonds. The van der Waals surface area contributed by atoms with Gasteiger partial charge in [0.05, 0.1) is 5.56 Å². The molecule has 0 unspecified atom stereocenters. The number of para-hydroxylation sites is 2. The van der Waals surface area contributed by atoms with Gasteiger partial charge in [0, 0.05) is 42.1 Å². The number of nitrogens with zero attached hydrogens (tertiary/aromatic N) is 3. The Labute approximate surface area is 362 Å². The zero-order chi connectivity index (χ0) is 41.0. The molecule has 0 radical (unpaired) electrons.